The summed E-state index contributed by atoms with van der Waals surface area (Å²) in [5.41, 5.74) is 2.64. The van der Waals surface area contributed by atoms with E-state index in [9.17, 15) is 0 Å². The van der Waals surface area contributed by atoms with Crippen LogP contribution >= 0.6 is 11.8 Å². The molecule has 4 heteroatoms. The van der Waals surface area contributed by atoms with Crippen molar-refractivity contribution in [3.8, 4) is 11.4 Å². The average molecular weight is 303 g/mol. The molecule has 3 nitrogen and oxygen atoms in total. The second-order valence-corrected chi connectivity index (χ2v) is 7.46. The molecule has 1 aromatic heterocycles. The highest BCUT2D eigenvalue weighted by Crippen LogP contribution is 2.27. The third-order valence-corrected chi connectivity index (χ3v) is 4.68. The molecule has 114 valence electrons. The minimum absolute atomic E-state index is 0.180. The van der Waals surface area contributed by atoms with E-state index < -0.39 is 0 Å². The smallest absolute Gasteiger partial charge is 0.191 e. The summed E-state index contributed by atoms with van der Waals surface area (Å²) in [6, 6.07) is 8.66. The molecule has 0 aliphatic carbocycles. The average Bonchev–Trinajstić information content (AvgIpc) is 2.80. The predicted molar refractivity (Wildman–Crippen MR) is 90.8 cm³/mol. The first-order valence-electron chi connectivity index (χ1n) is 7.56. The van der Waals surface area contributed by atoms with Crippen molar-refractivity contribution in [1.29, 1.82) is 0 Å². The number of rotatable bonds is 5. The predicted octanol–water partition coefficient (Wildman–Crippen LogP) is 4.67. The minimum atomic E-state index is 0.180. The Hall–Kier alpha value is -1.29. The number of aromatic nitrogens is 3. The first-order chi connectivity index (χ1) is 9.93. The van der Waals surface area contributed by atoms with Crippen molar-refractivity contribution >= 4 is 11.8 Å². The standard InChI is InChI=1S/C17H25N3S/c1-6-7-12-21-16-19-18-15(20(16)5)13-8-10-14(11-9-13)17(2,3)4/h8-11H,6-7,12H2,1-5H3. The molecule has 0 fully saturated rings. The van der Waals surface area contributed by atoms with Gasteiger partial charge in [-0.2, -0.15) is 0 Å². The van der Waals surface area contributed by atoms with E-state index in [0.717, 1.165) is 22.3 Å². The molecule has 0 atom stereocenters. The largest absolute Gasteiger partial charge is 0.305 e. The van der Waals surface area contributed by atoms with Gasteiger partial charge in [0.05, 0.1) is 0 Å². The molecule has 21 heavy (non-hydrogen) atoms. The van der Waals surface area contributed by atoms with Crippen molar-refractivity contribution in [3.63, 3.8) is 0 Å². The summed E-state index contributed by atoms with van der Waals surface area (Å²) in [7, 11) is 2.04. The number of hydrogen-bond donors (Lipinski definition) is 0. The number of unbranched alkanes of at least 4 members (excludes halogenated alkanes) is 1. The summed E-state index contributed by atoms with van der Waals surface area (Å²) in [5.74, 6) is 2.04. The van der Waals surface area contributed by atoms with Crippen LogP contribution in [0.3, 0.4) is 0 Å². The Morgan fingerprint density at radius 1 is 1.10 bits per heavy atom. The van der Waals surface area contributed by atoms with Gasteiger partial charge in [0.15, 0.2) is 11.0 Å². The van der Waals surface area contributed by atoms with Gasteiger partial charge in [0.2, 0.25) is 0 Å². The van der Waals surface area contributed by atoms with Crippen molar-refractivity contribution in [2.24, 2.45) is 7.05 Å². The molecule has 0 spiro atoms. The third-order valence-electron chi connectivity index (χ3n) is 3.57. The zero-order valence-corrected chi connectivity index (χ0v) is 14.5. The van der Waals surface area contributed by atoms with E-state index in [1.165, 1.54) is 18.4 Å². The number of thioether (sulfide) groups is 1. The number of benzene rings is 1. The van der Waals surface area contributed by atoms with Crippen LogP contribution < -0.4 is 0 Å². The summed E-state index contributed by atoms with van der Waals surface area (Å²) in [4.78, 5) is 0. The molecule has 1 aromatic carbocycles. The highest BCUT2D eigenvalue weighted by atomic mass is 32.2. The molecule has 2 aromatic rings. The zero-order valence-electron chi connectivity index (χ0n) is 13.7. The molecule has 0 amide bonds. The summed E-state index contributed by atoms with van der Waals surface area (Å²) < 4.78 is 2.09. The molecule has 0 aliphatic heterocycles. The molecule has 0 saturated heterocycles. The van der Waals surface area contributed by atoms with Crippen LogP contribution in [-0.2, 0) is 12.5 Å². The SMILES string of the molecule is CCCCSc1nnc(-c2ccc(C(C)(C)C)cc2)n1C. The van der Waals surface area contributed by atoms with Gasteiger partial charge < -0.3 is 4.57 Å². The molecule has 0 radical (unpaired) electrons. The van der Waals surface area contributed by atoms with E-state index in [4.69, 9.17) is 0 Å². The maximum Gasteiger partial charge on any atom is 0.191 e. The quantitative estimate of drug-likeness (QED) is 0.594. The summed E-state index contributed by atoms with van der Waals surface area (Å²) in [6.45, 7) is 8.89. The van der Waals surface area contributed by atoms with Crippen LogP contribution in [0.2, 0.25) is 0 Å². The van der Waals surface area contributed by atoms with Gasteiger partial charge in [0.1, 0.15) is 0 Å². The van der Waals surface area contributed by atoms with Crippen molar-refractivity contribution in [2.75, 3.05) is 5.75 Å². The summed E-state index contributed by atoms with van der Waals surface area (Å²) >= 11 is 1.78. The minimum Gasteiger partial charge on any atom is -0.305 e. The fourth-order valence-electron chi connectivity index (χ4n) is 2.12. The molecular weight excluding hydrogens is 278 g/mol. The topological polar surface area (TPSA) is 30.7 Å². The van der Waals surface area contributed by atoms with E-state index in [2.05, 4.69) is 66.7 Å². The Morgan fingerprint density at radius 3 is 2.33 bits per heavy atom. The van der Waals surface area contributed by atoms with E-state index >= 15 is 0 Å². The lowest BCUT2D eigenvalue weighted by atomic mass is 9.87. The molecular formula is C17H25N3S. The van der Waals surface area contributed by atoms with Gasteiger partial charge >= 0.3 is 0 Å². The molecule has 0 bridgehead atoms. The van der Waals surface area contributed by atoms with Gasteiger partial charge in [-0.25, -0.2) is 0 Å². The Bertz CT molecular complexity index is 579. The molecule has 1 heterocycles. The Morgan fingerprint density at radius 2 is 1.76 bits per heavy atom. The Balaban J connectivity index is 2.19. The zero-order chi connectivity index (χ0) is 15.5. The van der Waals surface area contributed by atoms with E-state index in [1.54, 1.807) is 11.8 Å². The van der Waals surface area contributed by atoms with E-state index in [1.807, 2.05) is 7.05 Å². The van der Waals surface area contributed by atoms with E-state index in [-0.39, 0.29) is 5.41 Å². The Labute approximate surface area is 132 Å². The third kappa shape index (κ3) is 3.88. The normalized spacial score (nSPS) is 11.9. The second-order valence-electron chi connectivity index (χ2n) is 6.39. The van der Waals surface area contributed by atoms with Gasteiger partial charge in [-0.05, 0) is 17.4 Å². The highest BCUT2D eigenvalue weighted by molar-refractivity contribution is 7.99. The Kier molecular flexibility index (Phi) is 5.09. The summed E-state index contributed by atoms with van der Waals surface area (Å²) in [6.07, 6.45) is 2.43. The molecule has 0 N–H and O–H groups in total. The van der Waals surface area contributed by atoms with Crippen molar-refractivity contribution in [3.05, 3.63) is 29.8 Å². The van der Waals surface area contributed by atoms with Crippen molar-refractivity contribution < 1.29 is 0 Å². The van der Waals surface area contributed by atoms with Gasteiger partial charge in [-0.1, -0.05) is 70.1 Å². The molecule has 0 saturated carbocycles. The van der Waals surface area contributed by atoms with Crippen LogP contribution in [-0.4, -0.2) is 20.5 Å². The second kappa shape index (κ2) is 6.65. The first-order valence-corrected chi connectivity index (χ1v) is 8.55. The van der Waals surface area contributed by atoms with Gasteiger partial charge in [0, 0.05) is 18.4 Å². The maximum absolute atomic E-state index is 4.35. The van der Waals surface area contributed by atoms with Gasteiger partial charge in [0.25, 0.3) is 0 Å². The lowest BCUT2D eigenvalue weighted by Gasteiger charge is -2.19. The number of hydrogen-bond acceptors (Lipinski definition) is 3. The van der Waals surface area contributed by atoms with Crippen LogP contribution in [0.5, 0.6) is 0 Å². The van der Waals surface area contributed by atoms with Crippen LogP contribution in [0.15, 0.2) is 29.4 Å². The lowest BCUT2D eigenvalue weighted by Crippen LogP contribution is -2.10. The maximum atomic E-state index is 4.35. The monoisotopic (exact) mass is 303 g/mol. The van der Waals surface area contributed by atoms with Crippen LogP contribution in [0.4, 0.5) is 0 Å². The van der Waals surface area contributed by atoms with Crippen LogP contribution in [0, 0.1) is 0 Å². The number of nitrogens with zero attached hydrogens (tertiary/aromatic N) is 3. The van der Waals surface area contributed by atoms with Gasteiger partial charge in [-0.3, -0.25) is 0 Å². The fourth-order valence-corrected chi connectivity index (χ4v) is 3.11. The van der Waals surface area contributed by atoms with Crippen molar-refractivity contribution in [1.82, 2.24) is 14.8 Å². The molecule has 2 rings (SSSR count). The molecule has 0 unspecified atom stereocenters. The fraction of sp³-hybridized carbons (Fsp3) is 0.529. The van der Waals surface area contributed by atoms with Gasteiger partial charge in [-0.15, -0.1) is 10.2 Å². The van der Waals surface area contributed by atoms with Crippen molar-refractivity contribution in [2.45, 2.75) is 51.1 Å². The lowest BCUT2D eigenvalue weighted by molar-refractivity contribution is 0.590. The molecule has 0 aliphatic rings. The van der Waals surface area contributed by atoms with Crippen LogP contribution in [0.25, 0.3) is 11.4 Å². The first kappa shape index (κ1) is 16.1. The highest BCUT2D eigenvalue weighted by Gasteiger charge is 2.15. The van der Waals surface area contributed by atoms with Crippen LogP contribution in [0.1, 0.15) is 46.1 Å². The van der Waals surface area contributed by atoms with E-state index in [0.29, 0.717) is 0 Å². The summed E-state index contributed by atoms with van der Waals surface area (Å²) in [5, 5.41) is 9.66.